The first kappa shape index (κ1) is 15.9. The van der Waals surface area contributed by atoms with Crippen LogP contribution in [0.25, 0.3) is 0 Å². The molecule has 0 unspecified atom stereocenters. The van der Waals surface area contributed by atoms with E-state index in [0.717, 1.165) is 18.4 Å². The summed E-state index contributed by atoms with van der Waals surface area (Å²) in [5.41, 5.74) is -2.15. The molecule has 0 spiro atoms. The van der Waals surface area contributed by atoms with Crippen molar-refractivity contribution in [1.29, 1.82) is 0 Å². The Morgan fingerprint density at radius 3 is 2.57 bits per heavy atom. The second-order valence-corrected chi connectivity index (χ2v) is 6.41. The van der Waals surface area contributed by atoms with Crippen molar-refractivity contribution in [2.45, 2.75) is 29.3 Å². The fourth-order valence-corrected chi connectivity index (χ4v) is 3.48. The number of hydrogen-bond acceptors (Lipinski definition) is 2. The largest absolute Gasteiger partial charge is 0.446 e. The third-order valence-electron chi connectivity index (χ3n) is 3.80. The van der Waals surface area contributed by atoms with Crippen molar-refractivity contribution in [3.8, 4) is 0 Å². The summed E-state index contributed by atoms with van der Waals surface area (Å²) in [5.74, 6) is -0.473. The molecule has 3 rings (SSSR count). The highest BCUT2D eigenvalue weighted by Crippen LogP contribution is 2.39. The second kappa shape index (κ2) is 6.28. The molecule has 0 bridgehead atoms. The minimum absolute atomic E-state index is 0.0548. The first-order chi connectivity index (χ1) is 10.9. The number of amides is 1. The third-order valence-corrected chi connectivity index (χ3v) is 4.60. The number of halogens is 3. The van der Waals surface area contributed by atoms with Gasteiger partial charge in [0.15, 0.2) is 0 Å². The molecule has 1 atom stereocenters. The fourth-order valence-electron chi connectivity index (χ4n) is 2.81. The molecule has 6 heteroatoms. The summed E-state index contributed by atoms with van der Waals surface area (Å²) in [7, 11) is 0. The van der Waals surface area contributed by atoms with Crippen molar-refractivity contribution < 1.29 is 18.0 Å². The van der Waals surface area contributed by atoms with Crippen LogP contribution in [0.5, 0.6) is 0 Å². The zero-order valence-electron chi connectivity index (χ0n) is 12.1. The number of alkyl halides is 3. The minimum atomic E-state index is -4.42. The summed E-state index contributed by atoms with van der Waals surface area (Å²) in [6.07, 6.45) is 1.62. The van der Waals surface area contributed by atoms with Gasteiger partial charge in [-0.15, -0.1) is 0 Å². The van der Waals surface area contributed by atoms with Crippen molar-refractivity contribution in [1.82, 2.24) is 5.32 Å². The zero-order chi connectivity index (χ0) is 16.4. The molecule has 0 saturated carbocycles. The molecule has 0 fully saturated rings. The lowest BCUT2D eigenvalue weighted by molar-refractivity contribution is -0.0328. The highest BCUT2D eigenvalue weighted by Gasteiger charge is 2.32. The van der Waals surface area contributed by atoms with E-state index in [-0.39, 0.29) is 28.3 Å². The first-order valence-electron chi connectivity index (χ1n) is 7.17. The Bertz CT molecular complexity index is 730. The number of carbonyl (C=O) groups excluding carboxylic acids is 1. The number of hydrogen-bond donors (Lipinski definition) is 1. The highest BCUT2D eigenvalue weighted by molar-refractivity contribution is 8.00. The normalized spacial score (nSPS) is 16.9. The topological polar surface area (TPSA) is 29.1 Å². The second-order valence-electron chi connectivity index (χ2n) is 5.31. The van der Waals surface area contributed by atoms with Crippen LogP contribution in [-0.2, 0) is 6.42 Å². The number of carbonyl (C=O) groups is 1. The van der Waals surface area contributed by atoms with E-state index in [2.05, 4.69) is 5.32 Å². The average Bonchev–Trinajstić information content (AvgIpc) is 2.89. The Hall–Kier alpha value is -1.95. The van der Waals surface area contributed by atoms with Crippen LogP contribution in [0.3, 0.4) is 0 Å². The van der Waals surface area contributed by atoms with Gasteiger partial charge in [0.2, 0.25) is 0 Å². The maximum Gasteiger partial charge on any atom is 0.446 e. The summed E-state index contributed by atoms with van der Waals surface area (Å²) >= 11 is -0.262. The maximum atomic E-state index is 12.6. The lowest BCUT2D eigenvalue weighted by Crippen LogP contribution is -2.27. The predicted molar refractivity (Wildman–Crippen MR) is 83.3 cm³/mol. The van der Waals surface area contributed by atoms with Gasteiger partial charge in [-0.25, -0.2) is 0 Å². The van der Waals surface area contributed by atoms with Gasteiger partial charge in [0, 0.05) is 4.90 Å². The van der Waals surface area contributed by atoms with Gasteiger partial charge in [0.05, 0.1) is 11.6 Å². The smallest absolute Gasteiger partial charge is 0.345 e. The van der Waals surface area contributed by atoms with Crippen molar-refractivity contribution in [2.75, 3.05) is 0 Å². The first-order valence-corrected chi connectivity index (χ1v) is 7.99. The number of rotatable bonds is 3. The molecule has 23 heavy (non-hydrogen) atoms. The molecule has 0 aromatic heterocycles. The van der Waals surface area contributed by atoms with Gasteiger partial charge in [-0.2, -0.15) is 13.2 Å². The van der Waals surface area contributed by atoms with Crippen LogP contribution in [0.15, 0.2) is 53.4 Å². The van der Waals surface area contributed by atoms with Crippen LogP contribution in [0.2, 0.25) is 0 Å². The van der Waals surface area contributed by atoms with Gasteiger partial charge < -0.3 is 5.32 Å². The Morgan fingerprint density at radius 2 is 1.78 bits per heavy atom. The molecule has 1 aliphatic rings. The third kappa shape index (κ3) is 3.69. The van der Waals surface area contributed by atoms with E-state index in [1.54, 1.807) is 6.07 Å². The fraction of sp³-hybridized carbons (Fsp3) is 0.235. The Balaban J connectivity index is 1.80. The number of fused-ring (bicyclic) bond motifs is 1. The van der Waals surface area contributed by atoms with Crippen LogP contribution < -0.4 is 5.32 Å². The number of benzene rings is 2. The van der Waals surface area contributed by atoms with E-state index in [4.69, 9.17) is 0 Å². The van der Waals surface area contributed by atoms with Crippen molar-refractivity contribution in [2.24, 2.45) is 0 Å². The molecular formula is C17H14F3NOS. The summed E-state index contributed by atoms with van der Waals surface area (Å²) in [6.45, 7) is 0. The van der Waals surface area contributed by atoms with Gasteiger partial charge in [0.1, 0.15) is 0 Å². The van der Waals surface area contributed by atoms with Crippen molar-refractivity contribution in [3.63, 3.8) is 0 Å². The molecule has 1 amide bonds. The molecule has 1 aliphatic carbocycles. The quantitative estimate of drug-likeness (QED) is 0.822. The highest BCUT2D eigenvalue weighted by atomic mass is 32.2. The lowest BCUT2D eigenvalue weighted by Gasteiger charge is -2.16. The summed E-state index contributed by atoms with van der Waals surface area (Å²) in [4.78, 5) is 12.3. The van der Waals surface area contributed by atoms with Crippen molar-refractivity contribution >= 4 is 17.7 Å². The zero-order valence-corrected chi connectivity index (χ0v) is 12.9. The van der Waals surface area contributed by atoms with E-state index in [1.807, 2.05) is 24.3 Å². The van der Waals surface area contributed by atoms with E-state index >= 15 is 0 Å². The summed E-state index contributed by atoms with van der Waals surface area (Å²) < 4.78 is 37.9. The minimum Gasteiger partial charge on any atom is -0.345 e. The average molecular weight is 337 g/mol. The van der Waals surface area contributed by atoms with E-state index in [0.29, 0.717) is 0 Å². The number of nitrogens with one attached hydrogen (secondary N) is 1. The lowest BCUT2D eigenvalue weighted by atomic mass is 10.1. The molecule has 0 heterocycles. The van der Waals surface area contributed by atoms with Crippen LogP contribution in [0, 0.1) is 0 Å². The predicted octanol–water partition coefficient (Wildman–Crippen LogP) is 4.72. The molecule has 2 aromatic rings. The van der Waals surface area contributed by atoms with Crippen LogP contribution >= 0.6 is 11.8 Å². The Kier molecular flexibility index (Phi) is 4.35. The van der Waals surface area contributed by atoms with Gasteiger partial charge in [-0.1, -0.05) is 36.4 Å². The van der Waals surface area contributed by atoms with E-state index < -0.39 is 11.4 Å². The van der Waals surface area contributed by atoms with Crippen LogP contribution in [0.4, 0.5) is 13.2 Å². The molecule has 120 valence electrons. The van der Waals surface area contributed by atoms with Gasteiger partial charge >= 0.3 is 5.51 Å². The van der Waals surface area contributed by atoms with Gasteiger partial charge in [0.25, 0.3) is 5.91 Å². The molecule has 0 radical (unpaired) electrons. The monoisotopic (exact) mass is 337 g/mol. The number of thioether (sulfide) groups is 1. The molecule has 0 aliphatic heterocycles. The number of aryl methyl sites for hydroxylation is 1. The van der Waals surface area contributed by atoms with Crippen LogP contribution in [-0.4, -0.2) is 11.4 Å². The molecule has 2 nitrogen and oxygen atoms in total. The van der Waals surface area contributed by atoms with Gasteiger partial charge in [-0.05, 0) is 47.9 Å². The molecule has 2 aromatic carbocycles. The molecular weight excluding hydrogens is 323 g/mol. The van der Waals surface area contributed by atoms with E-state index in [9.17, 15) is 18.0 Å². The standard InChI is InChI=1S/C17H14F3NOS/c18-17(19,20)23-15-8-4-3-7-13(15)16(22)21-14-10-9-11-5-1-2-6-12(11)14/h1-8,14H,9-10H2,(H,21,22)/t14-/m1/s1. The van der Waals surface area contributed by atoms with Crippen LogP contribution in [0.1, 0.15) is 33.9 Å². The summed E-state index contributed by atoms with van der Waals surface area (Å²) in [6, 6.07) is 13.4. The molecule has 0 saturated heterocycles. The SMILES string of the molecule is O=C(N[C@@H]1CCc2ccccc21)c1ccccc1SC(F)(F)F. The molecule has 1 N–H and O–H groups in total. The van der Waals surface area contributed by atoms with E-state index in [1.165, 1.54) is 23.8 Å². The Morgan fingerprint density at radius 1 is 1.09 bits per heavy atom. The Labute approximate surface area is 136 Å². The summed E-state index contributed by atoms with van der Waals surface area (Å²) in [5, 5.41) is 2.86. The van der Waals surface area contributed by atoms with Gasteiger partial charge in [-0.3, -0.25) is 4.79 Å². The van der Waals surface area contributed by atoms with Crippen molar-refractivity contribution in [3.05, 3.63) is 65.2 Å². The maximum absolute atomic E-state index is 12.6.